The summed E-state index contributed by atoms with van der Waals surface area (Å²) in [7, 11) is 1.67. The molecule has 5 rings (SSSR count). The van der Waals surface area contributed by atoms with Gasteiger partial charge in [-0.3, -0.25) is 0 Å². The SMILES string of the molecule is COc1ccc(-c2ccc3c(c2)CN(c2ncnc(C)c2Cc2ccc(F)cc2)CCO3)cc1. The Balaban J connectivity index is 1.46. The molecule has 1 aromatic heterocycles. The zero-order valence-electron chi connectivity index (χ0n) is 19.3. The number of hydrogen-bond acceptors (Lipinski definition) is 5. The van der Waals surface area contributed by atoms with E-state index in [1.165, 1.54) is 12.1 Å². The Kier molecular flexibility index (Phi) is 6.12. The Morgan fingerprint density at radius 3 is 2.50 bits per heavy atom. The second kappa shape index (κ2) is 9.51. The van der Waals surface area contributed by atoms with Gasteiger partial charge in [-0.2, -0.15) is 0 Å². The highest BCUT2D eigenvalue weighted by Crippen LogP contribution is 2.32. The molecule has 0 spiro atoms. The highest BCUT2D eigenvalue weighted by Gasteiger charge is 2.21. The van der Waals surface area contributed by atoms with Crippen molar-refractivity contribution >= 4 is 5.82 Å². The molecule has 6 heteroatoms. The zero-order chi connectivity index (χ0) is 23.5. The van der Waals surface area contributed by atoms with Crippen LogP contribution in [0.2, 0.25) is 0 Å². The third kappa shape index (κ3) is 4.57. The maximum absolute atomic E-state index is 13.4. The average molecular weight is 456 g/mol. The van der Waals surface area contributed by atoms with E-state index in [1.54, 1.807) is 13.4 Å². The number of halogens is 1. The fourth-order valence-corrected chi connectivity index (χ4v) is 4.31. The van der Waals surface area contributed by atoms with Crippen molar-refractivity contribution < 1.29 is 13.9 Å². The van der Waals surface area contributed by atoms with E-state index in [-0.39, 0.29) is 5.82 Å². The third-order valence-corrected chi connectivity index (χ3v) is 6.20. The maximum atomic E-state index is 13.4. The minimum Gasteiger partial charge on any atom is -0.497 e. The molecule has 0 aliphatic carbocycles. The summed E-state index contributed by atoms with van der Waals surface area (Å²) in [4.78, 5) is 11.3. The first-order valence-electron chi connectivity index (χ1n) is 11.3. The summed E-state index contributed by atoms with van der Waals surface area (Å²) in [6, 6.07) is 21.0. The maximum Gasteiger partial charge on any atom is 0.136 e. The number of aromatic nitrogens is 2. The lowest BCUT2D eigenvalue weighted by atomic mass is 10.0. The van der Waals surface area contributed by atoms with E-state index >= 15 is 0 Å². The van der Waals surface area contributed by atoms with Crippen LogP contribution in [0.5, 0.6) is 11.5 Å². The number of methoxy groups -OCH3 is 1. The van der Waals surface area contributed by atoms with Crippen LogP contribution in [0, 0.1) is 12.7 Å². The summed E-state index contributed by atoms with van der Waals surface area (Å²) in [5, 5.41) is 0. The Hall–Kier alpha value is -3.93. The van der Waals surface area contributed by atoms with Crippen molar-refractivity contribution in [1.29, 1.82) is 0 Å². The van der Waals surface area contributed by atoms with Gasteiger partial charge in [0.2, 0.25) is 0 Å². The Morgan fingerprint density at radius 2 is 1.74 bits per heavy atom. The summed E-state index contributed by atoms with van der Waals surface area (Å²) >= 11 is 0. The van der Waals surface area contributed by atoms with Crippen LogP contribution >= 0.6 is 0 Å². The highest BCUT2D eigenvalue weighted by atomic mass is 19.1. The minimum absolute atomic E-state index is 0.237. The van der Waals surface area contributed by atoms with Gasteiger partial charge < -0.3 is 14.4 Å². The number of rotatable bonds is 5. The molecule has 3 aromatic carbocycles. The van der Waals surface area contributed by atoms with Crippen molar-refractivity contribution in [2.75, 3.05) is 25.2 Å². The van der Waals surface area contributed by atoms with Crippen LogP contribution in [0.3, 0.4) is 0 Å². The van der Waals surface area contributed by atoms with Crippen LogP contribution < -0.4 is 14.4 Å². The first kappa shape index (κ1) is 21.9. The molecular formula is C28H26FN3O2. The van der Waals surface area contributed by atoms with Crippen LogP contribution in [-0.4, -0.2) is 30.2 Å². The molecule has 0 amide bonds. The fourth-order valence-electron chi connectivity index (χ4n) is 4.31. The molecule has 0 radical (unpaired) electrons. The van der Waals surface area contributed by atoms with E-state index in [2.05, 4.69) is 39.1 Å². The molecule has 4 aromatic rings. The molecular weight excluding hydrogens is 429 g/mol. The number of ether oxygens (including phenoxy) is 2. The van der Waals surface area contributed by atoms with E-state index in [1.807, 2.05) is 37.3 Å². The molecule has 172 valence electrons. The molecule has 0 atom stereocenters. The summed E-state index contributed by atoms with van der Waals surface area (Å²) in [5.41, 5.74) is 6.34. The van der Waals surface area contributed by atoms with Crippen molar-refractivity contribution in [3.63, 3.8) is 0 Å². The molecule has 2 heterocycles. The fraction of sp³-hybridized carbons (Fsp3) is 0.214. The topological polar surface area (TPSA) is 47.5 Å². The number of nitrogens with zero attached hydrogens (tertiary/aromatic N) is 3. The Bertz CT molecular complexity index is 1290. The predicted molar refractivity (Wildman–Crippen MR) is 131 cm³/mol. The molecule has 34 heavy (non-hydrogen) atoms. The molecule has 0 unspecified atom stereocenters. The average Bonchev–Trinajstić information content (AvgIpc) is 3.08. The largest absolute Gasteiger partial charge is 0.497 e. The lowest BCUT2D eigenvalue weighted by molar-refractivity contribution is 0.331. The Morgan fingerprint density at radius 1 is 0.971 bits per heavy atom. The normalized spacial score (nSPS) is 13.1. The van der Waals surface area contributed by atoms with E-state index in [4.69, 9.17) is 9.47 Å². The van der Waals surface area contributed by atoms with Gasteiger partial charge >= 0.3 is 0 Å². The summed E-state index contributed by atoms with van der Waals surface area (Å²) in [6.07, 6.45) is 2.25. The summed E-state index contributed by atoms with van der Waals surface area (Å²) in [5.74, 6) is 2.38. The van der Waals surface area contributed by atoms with E-state index < -0.39 is 0 Å². The first-order chi connectivity index (χ1) is 16.6. The molecule has 1 aliphatic heterocycles. The van der Waals surface area contributed by atoms with E-state index in [0.29, 0.717) is 26.1 Å². The smallest absolute Gasteiger partial charge is 0.136 e. The summed E-state index contributed by atoms with van der Waals surface area (Å²) < 4.78 is 24.8. The van der Waals surface area contributed by atoms with Crippen molar-refractivity contribution in [2.45, 2.75) is 19.9 Å². The lowest BCUT2D eigenvalue weighted by Gasteiger charge is -2.24. The summed E-state index contributed by atoms with van der Waals surface area (Å²) in [6.45, 7) is 3.94. The third-order valence-electron chi connectivity index (χ3n) is 6.20. The second-order valence-corrected chi connectivity index (χ2v) is 8.39. The van der Waals surface area contributed by atoms with Crippen LogP contribution in [-0.2, 0) is 13.0 Å². The predicted octanol–water partition coefficient (Wildman–Crippen LogP) is 5.59. The molecule has 0 fully saturated rings. The number of aryl methyl sites for hydroxylation is 1. The number of benzene rings is 3. The molecule has 0 bridgehead atoms. The molecule has 0 saturated heterocycles. The van der Waals surface area contributed by atoms with Crippen molar-refractivity contribution in [3.8, 4) is 22.6 Å². The van der Waals surface area contributed by atoms with Gasteiger partial charge in [-0.15, -0.1) is 0 Å². The van der Waals surface area contributed by atoms with Gasteiger partial charge in [-0.1, -0.05) is 30.3 Å². The van der Waals surface area contributed by atoms with Gasteiger partial charge in [-0.25, -0.2) is 14.4 Å². The van der Waals surface area contributed by atoms with E-state index in [0.717, 1.165) is 50.8 Å². The van der Waals surface area contributed by atoms with Gasteiger partial charge in [0.15, 0.2) is 0 Å². The van der Waals surface area contributed by atoms with E-state index in [9.17, 15) is 4.39 Å². The number of hydrogen-bond donors (Lipinski definition) is 0. The number of fused-ring (bicyclic) bond motifs is 1. The standard InChI is InChI=1S/C28H26FN3O2/c1-19-26(15-20-3-8-24(29)9-4-20)28(31-18-30-19)32-13-14-34-27-12-7-22(16-23(27)17-32)21-5-10-25(33-2)11-6-21/h3-12,16,18H,13-15,17H2,1-2H3. The zero-order valence-corrected chi connectivity index (χ0v) is 19.3. The van der Waals surface area contributed by atoms with Gasteiger partial charge in [0.25, 0.3) is 0 Å². The lowest BCUT2D eigenvalue weighted by Crippen LogP contribution is -2.28. The van der Waals surface area contributed by atoms with Crippen LogP contribution in [0.4, 0.5) is 10.2 Å². The molecule has 1 aliphatic rings. The van der Waals surface area contributed by atoms with Gasteiger partial charge in [0.1, 0.15) is 36.1 Å². The van der Waals surface area contributed by atoms with Crippen LogP contribution in [0.15, 0.2) is 73.1 Å². The molecule has 5 nitrogen and oxygen atoms in total. The van der Waals surface area contributed by atoms with Gasteiger partial charge in [0.05, 0.1) is 13.7 Å². The van der Waals surface area contributed by atoms with Crippen molar-refractivity contribution in [3.05, 3.63) is 101 Å². The highest BCUT2D eigenvalue weighted by molar-refractivity contribution is 5.67. The quantitative estimate of drug-likeness (QED) is 0.393. The van der Waals surface area contributed by atoms with Crippen molar-refractivity contribution in [1.82, 2.24) is 9.97 Å². The first-order valence-corrected chi connectivity index (χ1v) is 11.3. The molecule has 0 saturated carbocycles. The minimum atomic E-state index is -0.237. The van der Waals surface area contributed by atoms with Crippen LogP contribution in [0.1, 0.15) is 22.4 Å². The van der Waals surface area contributed by atoms with Gasteiger partial charge in [0, 0.05) is 29.8 Å². The number of anilines is 1. The second-order valence-electron chi connectivity index (χ2n) is 8.39. The van der Waals surface area contributed by atoms with Crippen LogP contribution in [0.25, 0.3) is 11.1 Å². The monoisotopic (exact) mass is 455 g/mol. The van der Waals surface area contributed by atoms with Gasteiger partial charge in [-0.05, 0) is 60.0 Å². The Labute approximate surface area is 198 Å². The van der Waals surface area contributed by atoms with Crippen molar-refractivity contribution in [2.24, 2.45) is 0 Å². The molecule has 0 N–H and O–H groups in total.